The van der Waals surface area contributed by atoms with Crippen LogP contribution < -0.4 is 5.73 Å². The van der Waals surface area contributed by atoms with Crippen molar-refractivity contribution in [2.24, 2.45) is 5.73 Å². The van der Waals surface area contributed by atoms with E-state index in [1.807, 2.05) is 18.7 Å². The van der Waals surface area contributed by atoms with Crippen LogP contribution in [0.3, 0.4) is 0 Å². The van der Waals surface area contributed by atoms with E-state index in [9.17, 15) is 4.79 Å². The molecule has 0 spiro atoms. The van der Waals surface area contributed by atoms with E-state index in [1.54, 1.807) is 0 Å². The molecule has 0 aromatic rings. The Morgan fingerprint density at radius 2 is 2.06 bits per heavy atom. The Morgan fingerprint density at radius 1 is 1.31 bits per heavy atom. The summed E-state index contributed by atoms with van der Waals surface area (Å²) in [4.78, 5) is 11.0. The highest BCUT2D eigenvalue weighted by Gasteiger charge is 2.01. The molecule has 96 valence electrons. The molecule has 0 saturated heterocycles. The third-order valence-corrected chi connectivity index (χ3v) is 3.57. The average molecular weight is 247 g/mol. The van der Waals surface area contributed by atoms with Crippen LogP contribution >= 0.6 is 11.8 Å². The molecule has 0 aliphatic rings. The zero-order valence-corrected chi connectivity index (χ0v) is 11.4. The minimum Gasteiger partial charge on any atom is -0.466 e. The van der Waals surface area contributed by atoms with Gasteiger partial charge in [-0.2, -0.15) is 11.8 Å². The van der Waals surface area contributed by atoms with Crippen molar-refractivity contribution in [3.63, 3.8) is 0 Å². The van der Waals surface area contributed by atoms with Crippen LogP contribution in [0.1, 0.15) is 46.0 Å². The van der Waals surface area contributed by atoms with Gasteiger partial charge in [0.25, 0.3) is 0 Å². The van der Waals surface area contributed by atoms with Gasteiger partial charge in [-0.05, 0) is 31.9 Å². The fourth-order valence-electron chi connectivity index (χ4n) is 1.24. The summed E-state index contributed by atoms with van der Waals surface area (Å²) < 4.78 is 4.85. The maximum Gasteiger partial charge on any atom is 0.305 e. The zero-order chi connectivity index (χ0) is 12.2. The lowest BCUT2D eigenvalue weighted by Crippen LogP contribution is -2.21. The molecule has 0 aliphatic carbocycles. The molecule has 2 N–H and O–H groups in total. The maximum atomic E-state index is 11.0. The molecule has 4 heteroatoms. The lowest BCUT2D eigenvalue weighted by atomic mass is 10.2. The molecular formula is C12H25NO2S. The minimum atomic E-state index is -0.0665. The van der Waals surface area contributed by atoms with E-state index < -0.39 is 0 Å². The SMILES string of the molecule is CCOC(=O)CCCCCSCC(N)CC. The van der Waals surface area contributed by atoms with Crippen molar-refractivity contribution in [2.75, 3.05) is 18.1 Å². The van der Waals surface area contributed by atoms with Gasteiger partial charge in [0.2, 0.25) is 0 Å². The number of carbonyl (C=O) groups excluding carboxylic acids is 1. The van der Waals surface area contributed by atoms with Gasteiger partial charge in [-0.25, -0.2) is 0 Å². The van der Waals surface area contributed by atoms with E-state index in [4.69, 9.17) is 10.5 Å². The van der Waals surface area contributed by atoms with E-state index in [0.717, 1.165) is 30.8 Å². The lowest BCUT2D eigenvalue weighted by molar-refractivity contribution is -0.143. The van der Waals surface area contributed by atoms with E-state index in [0.29, 0.717) is 19.1 Å². The predicted molar refractivity (Wildman–Crippen MR) is 70.7 cm³/mol. The molecule has 0 fully saturated rings. The van der Waals surface area contributed by atoms with E-state index in [2.05, 4.69) is 6.92 Å². The lowest BCUT2D eigenvalue weighted by Gasteiger charge is -2.07. The highest BCUT2D eigenvalue weighted by molar-refractivity contribution is 7.99. The average Bonchev–Trinajstić information content (AvgIpc) is 2.27. The molecule has 16 heavy (non-hydrogen) atoms. The number of hydrogen-bond donors (Lipinski definition) is 1. The number of rotatable bonds is 10. The second kappa shape index (κ2) is 11.3. The number of unbranched alkanes of at least 4 members (excludes halogenated alkanes) is 2. The summed E-state index contributed by atoms with van der Waals surface area (Å²) >= 11 is 1.91. The van der Waals surface area contributed by atoms with E-state index in [-0.39, 0.29) is 5.97 Å². The predicted octanol–water partition coefficient (Wildman–Crippen LogP) is 2.58. The van der Waals surface area contributed by atoms with Crippen molar-refractivity contribution in [1.82, 2.24) is 0 Å². The first-order valence-electron chi connectivity index (χ1n) is 6.19. The van der Waals surface area contributed by atoms with E-state index in [1.165, 1.54) is 6.42 Å². The first-order valence-corrected chi connectivity index (χ1v) is 7.35. The molecule has 0 aromatic heterocycles. The number of ether oxygens (including phenoxy) is 1. The molecular weight excluding hydrogens is 222 g/mol. The van der Waals surface area contributed by atoms with Gasteiger partial charge < -0.3 is 10.5 Å². The third-order valence-electron chi connectivity index (χ3n) is 2.33. The fraction of sp³-hybridized carbons (Fsp3) is 0.917. The standard InChI is InChI=1S/C12H25NO2S/c1-3-11(13)10-16-9-7-5-6-8-12(14)15-4-2/h11H,3-10,13H2,1-2H3. The first-order chi connectivity index (χ1) is 7.70. The minimum absolute atomic E-state index is 0.0665. The number of carbonyl (C=O) groups is 1. The second-order valence-electron chi connectivity index (χ2n) is 3.86. The number of thioether (sulfide) groups is 1. The third kappa shape index (κ3) is 10.3. The summed E-state index contributed by atoms with van der Waals surface area (Å²) in [7, 11) is 0. The molecule has 0 saturated carbocycles. The quantitative estimate of drug-likeness (QED) is 0.476. The molecule has 0 radical (unpaired) electrons. The van der Waals surface area contributed by atoms with Gasteiger partial charge in [-0.1, -0.05) is 13.3 Å². The van der Waals surface area contributed by atoms with Gasteiger partial charge in [-0.3, -0.25) is 4.79 Å². The Bertz CT molecular complexity index is 176. The van der Waals surface area contributed by atoms with Crippen molar-refractivity contribution in [3.8, 4) is 0 Å². The first kappa shape index (κ1) is 15.8. The van der Waals surface area contributed by atoms with Gasteiger partial charge in [0.05, 0.1) is 6.61 Å². The van der Waals surface area contributed by atoms with Crippen molar-refractivity contribution in [2.45, 2.75) is 52.0 Å². The largest absolute Gasteiger partial charge is 0.466 e. The number of nitrogens with two attached hydrogens (primary N) is 1. The van der Waals surface area contributed by atoms with Crippen molar-refractivity contribution in [1.29, 1.82) is 0 Å². The van der Waals surface area contributed by atoms with Crippen LogP contribution in [0, 0.1) is 0 Å². The Labute approximate surface area is 103 Å². The second-order valence-corrected chi connectivity index (χ2v) is 5.01. The van der Waals surface area contributed by atoms with Crippen LogP contribution in [-0.4, -0.2) is 30.1 Å². The van der Waals surface area contributed by atoms with Gasteiger partial charge in [0.15, 0.2) is 0 Å². The molecule has 0 heterocycles. The molecule has 0 bridgehead atoms. The highest BCUT2D eigenvalue weighted by Crippen LogP contribution is 2.09. The summed E-state index contributed by atoms with van der Waals surface area (Å²) in [5.41, 5.74) is 5.80. The van der Waals surface area contributed by atoms with Crippen LogP contribution in [0.5, 0.6) is 0 Å². The highest BCUT2D eigenvalue weighted by atomic mass is 32.2. The topological polar surface area (TPSA) is 52.3 Å². The zero-order valence-electron chi connectivity index (χ0n) is 10.5. The van der Waals surface area contributed by atoms with Gasteiger partial charge >= 0.3 is 5.97 Å². The van der Waals surface area contributed by atoms with Gasteiger partial charge in [0.1, 0.15) is 0 Å². The number of hydrogen-bond acceptors (Lipinski definition) is 4. The molecule has 3 nitrogen and oxygen atoms in total. The summed E-state index contributed by atoms with van der Waals surface area (Å²) in [5.74, 6) is 2.13. The fourth-order valence-corrected chi connectivity index (χ4v) is 2.35. The molecule has 1 unspecified atom stereocenters. The molecule has 0 rings (SSSR count). The molecule has 0 aromatic carbocycles. The van der Waals surface area contributed by atoms with Crippen molar-refractivity contribution in [3.05, 3.63) is 0 Å². The molecule has 0 amide bonds. The van der Waals surface area contributed by atoms with Gasteiger partial charge in [-0.15, -0.1) is 0 Å². The van der Waals surface area contributed by atoms with Crippen molar-refractivity contribution < 1.29 is 9.53 Å². The number of esters is 1. The van der Waals surface area contributed by atoms with Crippen LogP contribution in [-0.2, 0) is 9.53 Å². The summed E-state index contributed by atoms with van der Waals surface area (Å²) in [6.07, 6.45) is 4.83. The molecule has 0 aliphatic heterocycles. The monoisotopic (exact) mass is 247 g/mol. The van der Waals surface area contributed by atoms with E-state index >= 15 is 0 Å². The van der Waals surface area contributed by atoms with Crippen LogP contribution in [0.4, 0.5) is 0 Å². The van der Waals surface area contributed by atoms with Crippen molar-refractivity contribution >= 4 is 17.7 Å². The van der Waals surface area contributed by atoms with Crippen LogP contribution in [0.2, 0.25) is 0 Å². The maximum absolute atomic E-state index is 11.0. The summed E-state index contributed by atoms with van der Waals surface area (Å²) in [5, 5.41) is 0. The smallest absolute Gasteiger partial charge is 0.305 e. The summed E-state index contributed by atoms with van der Waals surface area (Å²) in [6, 6.07) is 0.338. The van der Waals surface area contributed by atoms with Crippen LogP contribution in [0.25, 0.3) is 0 Å². The Morgan fingerprint density at radius 3 is 2.69 bits per heavy atom. The van der Waals surface area contributed by atoms with Gasteiger partial charge in [0, 0.05) is 18.2 Å². The Hall–Kier alpha value is -0.220. The Balaban J connectivity index is 3.12. The normalized spacial score (nSPS) is 12.4. The van der Waals surface area contributed by atoms with Crippen LogP contribution in [0.15, 0.2) is 0 Å². The molecule has 1 atom stereocenters. The summed E-state index contributed by atoms with van der Waals surface area (Å²) in [6.45, 7) is 4.44. The Kier molecular flexibility index (Phi) is 11.1.